The molecule has 122 valence electrons. The predicted molar refractivity (Wildman–Crippen MR) is 96.2 cm³/mol. The fourth-order valence-electron chi connectivity index (χ4n) is 2.83. The van der Waals surface area contributed by atoms with Crippen LogP contribution in [0.4, 0.5) is 4.39 Å². The summed E-state index contributed by atoms with van der Waals surface area (Å²) in [5.41, 5.74) is 5.58. The smallest absolute Gasteiger partial charge is 0.123 e. The summed E-state index contributed by atoms with van der Waals surface area (Å²) in [6.45, 7) is 2.12. The zero-order valence-corrected chi connectivity index (χ0v) is 13.8. The van der Waals surface area contributed by atoms with Gasteiger partial charge in [-0.3, -0.25) is 0 Å². The molecule has 0 atom stereocenters. The lowest BCUT2D eigenvalue weighted by Gasteiger charge is -2.06. The molecule has 0 radical (unpaired) electrons. The number of aromatic nitrogens is 2. The summed E-state index contributed by atoms with van der Waals surface area (Å²) in [5, 5.41) is 0. The summed E-state index contributed by atoms with van der Waals surface area (Å²) >= 11 is 0. The molecule has 24 heavy (non-hydrogen) atoms. The number of aryl methyl sites for hydroxylation is 2. The average Bonchev–Trinajstić information content (AvgIpc) is 3.10. The summed E-state index contributed by atoms with van der Waals surface area (Å²) in [6.07, 6.45) is 8.80. The van der Waals surface area contributed by atoms with Crippen LogP contribution in [-0.2, 0) is 6.42 Å². The Morgan fingerprint density at radius 3 is 2.71 bits per heavy atom. The number of H-pyrrole nitrogens is 1. The highest BCUT2D eigenvalue weighted by Gasteiger charge is 2.07. The molecule has 3 rings (SSSR count). The number of unbranched alkanes of at least 4 members (excludes halogenated alkanes) is 1. The Morgan fingerprint density at radius 2 is 2.00 bits per heavy atom. The lowest BCUT2D eigenvalue weighted by Crippen LogP contribution is -1.90. The number of benzene rings is 2. The third kappa shape index (κ3) is 4.19. The summed E-state index contributed by atoms with van der Waals surface area (Å²) in [4.78, 5) is 7.33. The van der Waals surface area contributed by atoms with Crippen molar-refractivity contribution in [1.29, 1.82) is 0 Å². The van der Waals surface area contributed by atoms with Gasteiger partial charge >= 0.3 is 0 Å². The predicted octanol–water partition coefficient (Wildman–Crippen LogP) is 5.31. The van der Waals surface area contributed by atoms with Crippen molar-refractivity contribution < 1.29 is 4.39 Å². The molecule has 1 heterocycles. The number of nitrogens with one attached hydrogen (secondary N) is 1. The number of nitrogens with zero attached hydrogens (tertiary/aromatic N) is 1. The van der Waals surface area contributed by atoms with Gasteiger partial charge in [-0.1, -0.05) is 48.0 Å². The minimum Gasteiger partial charge on any atom is -0.351 e. The molecule has 0 fully saturated rings. The molecule has 0 saturated heterocycles. The molecule has 0 saturated carbocycles. The second-order valence-corrected chi connectivity index (χ2v) is 5.96. The Labute approximate surface area is 142 Å². The van der Waals surface area contributed by atoms with E-state index in [4.69, 9.17) is 0 Å². The van der Waals surface area contributed by atoms with Gasteiger partial charge in [0.2, 0.25) is 0 Å². The van der Waals surface area contributed by atoms with E-state index in [0.29, 0.717) is 0 Å². The van der Waals surface area contributed by atoms with Crippen molar-refractivity contribution in [3.05, 3.63) is 95.3 Å². The van der Waals surface area contributed by atoms with Crippen molar-refractivity contribution in [3.63, 3.8) is 0 Å². The van der Waals surface area contributed by atoms with Crippen LogP contribution in [0.3, 0.4) is 0 Å². The average molecular weight is 320 g/mol. The molecule has 2 aromatic carbocycles. The first kappa shape index (κ1) is 16.2. The molecule has 2 nitrogen and oxygen atoms in total. The molecule has 0 aliphatic carbocycles. The molecule has 0 aliphatic rings. The third-order valence-electron chi connectivity index (χ3n) is 4.03. The second kappa shape index (κ2) is 7.73. The number of imidazole rings is 1. The highest BCUT2D eigenvalue weighted by Crippen LogP contribution is 2.23. The molecule has 0 bridgehead atoms. The van der Waals surface area contributed by atoms with Crippen LogP contribution in [0.2, 0.25) is 0 Å². The topological polar surface area (TPSA) is 28.7 Å². The normalized spacial score (nSPS) is 11.7. The molecule has 0 aliphatic heterocycles. The third-order valence-corrected chi connectivity index (χ3v) is 4.03. The van der Waals surface area contributed by atoms with Gasteiger partial charge in [-0.25, -0.2) is 9.37 Å². The van der Waals surface area contributed by atoms with Gasteiger partial charge in [0.25, 0.3) is 0 Å². The summed E-state index contributed by atoms with van der Waals surface area (Å²) in [7, 11) is 0. The molecule has 0 unspecified atom stereocenters. The monoisotopic (exact) mass is 320 g/mol. The van der Waals surface area contributed by atoms with Gasteiger partial charge in [-0.05, 0) is 49.4 Å². The van der Waals surface area contributed by atoms with Crippen LogP contribution in [0.1, 0.15) is 35.2 Å². The standard InChI is InChI=1S/C21H21FN2/c1-16-5-4-7-17(13-16)6-2-3-8-20(21-14-23-15-24-21)18-9-11-19(22)12-10-18/h4-5,7-15H,2-3,6H2,1H3,(H,23,24). The Balaban J connectivity index is 1.71. The fourth-order valence-corrected chi connectivity index (χ4v) is 2.83. The summed E-state index contributed by atoms with van der Waals surface area (Å²) in [5.74, 6) is -0.223. The van der Waals surface area contributed by atoms with Crippen molar-refractivity contribution in [3.8, 4) is 0 Å². The van der Waals surface area contributed by atoms with Crippen molar-refractivity contribution in [2.24, 2.45) is 0 Å². The molecule has 1 N–H and O–H groups in total. The maximum atomic E-state index is 13.2. The van der Waals surface area contributed by atoms with Crippen molar-refractivity contribution in [1.82, 2.24) is 9.97 Å². The van der Waals surface area contributed by atoms with Crippen LogP contribution in [0, 0.1) is 12.7 Å². The molecule has 0 amide bonds. The quantitative estimate of drug-likeness (QED) is 0.612. The van der Waals surface area contributed by atoms with Gasteiger partial charge in [-0.15, -0.1) is 0 Å². The van der Waals surface area contributed by atoms with E-state index in [2.05, 4.69) is 47.2 Å². The number of halogens is 1. The number of aromatic amines is 1. The van der Waals surface area contributed by atoms with Gasteiger partial charge in [-0.2, -0.15) is 0 Å². The highest BCUT2D eigenvalue weighted by atomic mass is 19.1. The van der Waals surface area contributed by atoms with E-state index >= 15 is 0 Å². The minimum absolute atomic E-state index is 0.223. The first-order valence-corrected chi connectivity index (χ1v) is 8.23. The van der Waals surface area contributed by atoms with Gasteiger partial charge in [0.05, 0.1) is 12.0 Å². The number of rotatable bonds is 6. The highest BCUT2D eigenvalue weighted by molar-refractivity contribution is 5.77. The molecule has 3 heteroatoms. The maximum Gasteiger partial charge on any atom is 0.123 e. The number of allylic oxidation sites excluding steroid dienone is 1. The van der Waals surface area contributed by atoms with E-state index in [1.165, 1.54) is 23.3 Å². The van der Waals surface area contributed by atoms with Crippen molar-refractivity contribution in [2.45, 2.75) is 26.2 Å². The Hall–Kier alpha value is -2.68. The first-order chi connectivity index (χ1) is 11.7. The van der Waals surface area contributed by atoms with Gasteiger partial charge in [0.15, 0.2) is 0 Å². The van der Waals surface area contributed by atoms with Crippen LogP contribution in [-0.4, -0.2) is 9.97 Å². The zero-order chi connectivity index (χ0) is 16.8. The Bertz CT molecular complexity index is 802. The maximum absolute atomic E-state index is 13.2. The van der Waals surface area contributed by atoms with Gasteiger partial charge in [0, 0.05) is 11.8 Å². The Kier molecular flexibility index (Phi) is 5.22. The van der Waals surface area contributed by atoms with E-state index in [9.17, 15) is 4.39 Å². The largest absolute Gasteiger partial charge is 0.351 e. The summed E-state index contributed by atoms with van der Waals surface area (Å²) < 4.78 is 13.2. The van der Waals surface area contributed by atoms with Crippen LogP contribution in [0.5, 0.6) is 0 Å². The second-order valence-electron chi connectivity index (χ2n) is 5.96. The Morgan fingerprint density at radius 1 is 1.17 bits per heavy atom. The SMILES string of the molecule is Cc1cccc(CCCC=C(c2ccc(F)cc2)c2c[nH]cn2)c1. The molecule has 3 aromatic rings. The zero-order valence-electron chi connectivity index (χ0n) is 13.8. The number of hydrogen-bond acceptors (Lipinski definition) is 1. The van der Waals surface area contributed by atoms with Gasteiger partial charge in [0.1, 0.15) is 5.82 Å². The first-order valence-electron chi connectivity index (χ1n) is 8.23. The van der Waals surface area contributed by atoms with E-state index in [1.807, 2.05) is 6.20 Å². The lowest BCUT2D eigenvalue weighted by molar-refractivity contribution is 0.627. The van der Waals surface area contributed by atoms with Crippen LogP contribution >= 0.6 is 0 Å². The molecular formula is C21H21FN2. The molecule has 1 aromatic heterocycles. The molecule has 0 spiro atoms. The van der Waals surface area contributed by atoms with Gasteiger partial charge < -0.3 is 4.98 Å². The number of hydrogen-bond donors (Lipinski definition) is 1. The van der Waals surface area contributed by atoms with Crippen LogP contribution < -0.4 is 0 Å². The van der Waals surface area contributed by atoms with E-state index < -0.39 is 0 Å². The summed E-state index contributed by atoms with van der Waals surface area (Å²) in [6, 6.07) is 15.2. The minimum atomic E-state index is -0.223. The van der Waals surface area contributed by atoms with E-state index in [0.717, 1.165) is 36.1 Å². The lowest BCUT2D eigenvalue weighted by atomic mass is 10.00. The van der Waals surface area contributed by atoms with E-state index in [1.54, 1.807) is 18.5 Å². The molecular weight excluding hydrogens is 299 g/mol. The van der Waals surface area contributed by atoms with E-state index in [-0.39, 0.29) is 5.82 Å². The fraction of sp³-hybridized carbons (Fsp3) is 0.190. The van der Waals surface area contributed by atoms with Crippen LogP contribution in [0.25, 0.3) is 5.57 Å². The van der Waals surface area contributed by atoms with Crippen molar-refractivity contribution in [2.75, 3.05) is 0 Å². The van der Waals surface area contributed by atoms with Crippen LogP contribution in [0.15, 0.2) is 67.1 Å². The van der Waals surface area contributed by atoms with Crippen molar-refractivity contribution >= 4 is 5.57 Å².